The van der Waals surface area contributed by atoms with E-state index in [9.17, 15) is 9.90 Å². The molecular weight excluding hydrogens is 204 g/mol. The number of nitrogens with two attached hydrogens (primary N) is 1. The lowest BCUT2D eigenvalue weighted by Crippen LogP contribution is -2.62. The van der Waals surface area contributed by atoms with Gasteiger partial charge in [0.2, 0.25) is 5.91 Å². The molecule has 0 unspecified atom stereocenters. The van der Waals surface area contributed by atoms with Crippen molar-refractivity contribution >= 4 is 5.91 Å². The summed E-state index contributed by atoms with van der Waals surface area (Å²) in [5.74, 6) is -0.236. The minimum absolute atomic E-state index is 0.236. The molecule has 1 atom stereocenters. The van der Waals surface area contributed by atoms with Gasteiger partial charge >= 0.3 is 0 Å². The van der Waals surface area contributed by atoms with Crippen molar-refractivity contribution in [2.24, 2.45) is 11.1 Å². The van der Waals surface area contributed by atoms with Gasteiger partial charge in [-0.1, -0.05) is 20.8 Å². The average molecular weight is 230 g/mol. The van der Waals surface area contributed by atoms with E-state index in [1.807, 2.05) is 20.8 Å². The van der Waals surface area contributed by atoms with Gasteiger partial charge in [-0.15, -0.1) is 0 Å². The maximum Gasteiger partial charge on any atom is 0.237 e. The molecule has 0 aliphatic rings. The number of nitrogens with one attached hydrogen (secondary N) is 1. The number of rotatable bonds is 3. The molecule has 0 aromatic heterocycles. The largest absolute Gasteiger partial charge is 0.388 e. The van der Waals surface area contributed by atoms with E-state index < -0.39 is 17.2 Å². The van der Waals surface area contributed by atoms with Crippen LogP contribution in [0.5, 0.6) is 0 Å². The first-order valence-corrected chi connectivity index (χ1v) is 5.59. The van der Waals surface area contributed by atoms with Gasteiger partial charge in [0.05, 0.1) is 17.2 Å². The van der Waals surface area contributed by atoms with Crippen molar-refractivity contribution in [3.8, 4) is 0 Å². The van der Waals surface area contributed by atoms with Crippen LogP contribution in [0.2, 0.25) is 0 Å². The maximum absolute atomic E-state index is 11.9. The van der Waals surface area contributed by atoms with Gasteiger partial charge in [-0.2, -0.15) is 0 Å². The van der Waals surface area contributed by atoms with Gasteiger partial charge in [0.1, 0.15) is 0 Å². The normalized spacial score (nSPS) is 15.8. The molecule has 0 saturated heterocycles. The number of aliphatic hydroxyl groups is 1. The van der Waals surface area contributed by atoms with Crippen LogP contribution in [0, 0.1) is 5.41 Å². The lowest BCUT2D eigenvalue weighted by molar-refractivity contribution is -0.129. The van der Waals surface area contributed by atoms with Gasteiger partial charge in [-0.3, -0.25) is 4.79 Å². The van der Waals surface area contributed by atoms with Crippen molar-refractivity contribution in [1.82, 2.24) is 5.32 Å². The van der Waals surface area contributed by atoms with Gasteiger partial charge in [-0.05, 0) is 33.1 Å². The van der Waals surface area contributed by atoms with Crippen molar-refractivity contribution in [1.29, 1.82) is 0 Å². The quantitative estimate of drug-likeness (QED) is 0.677. The predicted molar refractivity (Wildman–Crippen MR) is 65.9 cm³/mol. The van der Waals surface area contributed by atoms with Gasteiger partial charge in [0, 0.05) is 0 Å². The molecule has 96 valence electrons. The third-order valence-corrected chi connectivity index (χ3v) is 3.18. The lowest BCUT2D eigenvalue weighted by atomic mass is 9.83. The molecule has 16 heavy (non-hydrogen) atoms. The Labute approximate surface area is 98.6 Å². The lowest BCUT2D eigenvalue weighted by Gasteiger charge is -2.39. The highest BCUT2D eigenvalue weighted by Gasteiger charge is 2.39. The molecule has 0 heterocycles. The highest BCUT2D eigenvalue weighted by molar-refractivity contribution is 5.83. The van der Waals surface area contributed by atoms with Crippen LogP contribution in [-0.4, -0.2) is 28.2 Å². The second-order valence-electron chi connectivity index (χ2n) is 6.52. The zero-order valence-electron chi connectivity index (χ0n) is 11.5. The van der Waals surface area contributed by atoms with Gasteiger partial charge in [-0.25, -0.2) is 0 Å². The Morgan fingerprint density at radius 3 is 1.75 bits per heavy atom. The summed E-state index contributed by atoms with van der Waals surface area (Å²) in [5, 5.41) is 12.7. The molecule has 4 nitrogen and oxygen atoms in total. The highest BCUT2D eigenvalue weighted by atomic mass is 16.3. The first kappa shape index (κ1) is 15.4. The Morgan fingerprint density at radius 2 is 1.50 bits per heavy atom. The summed E-state index contributed by atoms with van der Waals surface area (Å²) in [6.45, 7) is 12.6. The van der Waals surface area contributed by atoms with Crippen LogP contribution in [0.25, 0.3) is 0 Å². The van der Waals surface area contributed by atoms with E-state index in [2.05, 4.69) is 5.32 Å². The summed E-state index contributed by atoms with van der Waals surface area (Å²) in [4.78, 5) is 11.9. The van der Waals surface area contributed by atoms with Crippen LogP contribution >= 0.6 is 0 Å². The number of carbonyl (C=O) groups is 1. The fourth-order valence-corrected chi connectivity index (χ4v) is 0.932. The highest BCUT2D eigenvalue weighted by Crippen LogP contribution is 2.23. The SMILES string of the molecule is CC(C)(C)[C@H](N)C(=O)NC(C)(C)C(C)(C)O. The Hall–Kier alpha value is -0.610. The van der Waals surface area contributed by atoms with Gasteiger partial charge in [0.15, 0.2) is 0 Å². The first-order valence-electron chi connectivity index (χ1n) is 5.59. The molecule has 0 spiro atoms. The molecule has 1 amide bonds. The summed E-state index contributed by atoms with van der Waals surface area (Å²) < 4.78 is 0. The fourth-order valence-electron chi connectivity index (χ4n) is 0.932. The minimum atomic E-state index is -1.000. The van der Waals surface area contributed by atoms with Crippen LogP contribution in [-0.2, 0) is 4.79 Å². The Bertz CT molecular complexity index is 259. The Balaban J connectivity index is 4.71. The van der Waals surface area contributed by atoms with Crippen molar-refractivity contribution in [2.45, 2.75) is 65.6 Å². The van der Waals surface area contributed by atoms with Crippen LogP contribution in [0.15, 0.2) is 0 Å². The molecular formula is C12H26N2O2. The second kappa shape index (κ2) is 4.34. The van der Waals surface area contributed by atoms with Gasteiger partial charge < -0.3 is 16.2 Å². The molecule has 4 heteroatoms. The summed E-state index contributed by atoms with van der Waals surface area (Å²) in [5.41, 5.74) is 3.84. The van der Waals surface area contributed by atoms with E-state index in [4.69, 9.17) is 5.73 Å². The average Bonchev–Trinajstić information content (AvgIpc) is 1.97. The number of hydrogen-bond donors (Lipinski definition) is 3. The molecule has 0 aliphatic heterocycles. The summed E-state index contributed by atoms with van der Waals surface area (Å²) in [7, 11) is 0. The summed E-state index contributed by atoms with van der Waals surface area (Å²) >= 11 is 0. The van der Waals surface area contributed by atoms with E-state index in [0.29, 0.717) is 0 Å². The van der Waals surface area contributed by atoms with Crippen LogP contribution < -0.4 is 11.1 Å². The molecule has 0 bridgehead atoms. The van der Waals surface area contributed by atoms with Crippen LogP contribution in [0.3, 0.4) is 0 Å². The van der Waals surface area contributed by atoms with E-state index in [0.717, 1.165) is 0 Å². The van der Waals surface area contributed by atoms with Crippen molar-refractivity contribution in [3.05, 3.63) is 0 Å². The maximum atomic E-state index is 11.9. The number of amides is 1. The molecule has 0 aliphatic carbocycles. The molecule has 0 aromatic carbocycles. The van der Waals surface area contributed by atoms with Gasteiger partial charge in [0.25, 0.3) is 0 Å². The van der Waals surface area contributed by atoms with E-state index in [-0.39, 0.29) is 11.3 Å². The minimum Gasteiger partial charge on any atom is -0.388 e. The Kier molecular flexibility index (Phi) is 4.17. The molecule has 0 aromatic rings. The molecule has 4 N–H and O–H groups in total. The first-order chi connectivity index (χ1) is 6.79. The smallest absolute Gasteiger partial charge is 0.237 e. The number of hydrogen-bond acceptors (Lipinski definition) is 3. The molecule has 0 fully saturated rings. The Morgan fingerprint density at radius 1 is 1.12 bits per heavy atom. The summed E-state index contributed by atoms with van der Waals surface area (Å²) in [6, 6.07) is -0.589. The topological polar surface area (TPSA) is 75.4 Å². The zero-order chi connectivity index (χ0) is 13.4. The third kappa shape index (κ3) is 3.76. The van der Waals surface area contributed by atoms with E-state index in [1.165, 1.54) is 0 Å². The van der Waals surface area contributed by atoms with Crippen LogP contribution in [0.4, 0.5) is 0 Å². The standard InChI is InChI=1S/C12H26N2O2/c1-10(2,3)8(13)9(15)14-11(4,5)12(6,7)16/h8,16H,13H2,1-7H3,(H,14,15)/t8-/m1/s1. The third-order valence-electron chi connectivity index (χ3n) is 3.18. The fraction of sp³-hybridized carbons (Fsp3) is 0.917. The molecule has 0 rings (SSSR count). The van der Waals surface area contributed by atoms with Crippen LogP contribution in [0.1, 0.15) is 48.5 Å². The monoisotopic (exact) mass is 230 g/mol. The van der Waals surface area contributed by atoms with E-state index >= 15 is 0 Å². The predicted octanol–water partition coefficient (Wildman–Crippen LogP) is 1.03. The zero-order valence-corrected chi connectivity index (χ0v) is 11.5. The van der Waals surface area contributed by atoms with E-state index in [1.54, 1.807) is 27.7 Å². The second-order valence-corrected chi connectivity index (χ2v) is 6.52. The summed E-state index contributed by atoms with van der Waals surface area (Å²) in [6.07, 6.45) is 0. The van der Waals surface area contributed by atoms with Crippen molar-refractivity contribution in [2.75, 3.05) is 0 Å². The van der Waals surface area contributed by atoms with Crippen molar-refractivity contribution in [3.63, 3.8) is 0 Å². The number of carbonyl (C=O) groups excluding carboxylic acids is 1. The van der Waals surface area contributed by atoms with Crippen molar-refractivity contribution < 1.29 is 9.90 Å². The molecule has 0 saturated carbocycles. The molecule has 0 radical (unpaired) electrons.